The number of ether oxygens (including phenoxy) is 2. The molecule has 1 aliphatic carbocycles. The van der Waals surface area contributed by atoms with Gasteiger partial charge in [0, 0.05) is 17.3 Å². The van der Waals surface area contributed by atoms with Crippen molar-refractivity contribution in [2.45, 2.75) is 26.7 Å². The molecule has 0 amide bonds. The van der Waals surface area contributed by atoms with Crippen LogP contribution in [-0.2, 0) is 19.1 Å². The van der Waals surface area contributed by atoms with Crippen molar-refractivity contribution >= 4 is 17.6 Å². The number of rotatable bonds is 5. The van der Waals surface area contributed by atoms with Crippen molar-refractivity contribution in [1.82, 2.24) is 0 Å². The van der Waals surface area contributed by atoms with E-state index in [1.54, 1.807) is 0 Å². The summed E-state index contributed by atoms with van der Waals surface area (Å²) in [7, 11) is 2.72. The average Bonchev–Trinajstić information content (AvgIpc) is 2.74. The average molecular weight is 405 g/mol. The molecule has 5 heteroatoms. The van der Waals surface area contributed by atoms with Gasteiger partial charge in [-0.3, -0.25) is 4.79 Å². The van der Waals surface area contributed by atoms with Crippen LogP contribution in [0.4, 0.5) is 5.69 Å². The van der Waals surface area contributed by atoms with Crippen LogP contribution in [0, 0.1) is 19.8 Å². The molecule has 0 spiro atoms. The molecule has 5 nitrogen and oxygen atoms in total. The Morgan fingerprint density at radius 2 is 1.40 bits per heavy atom. The van der Waals surface area contributed by atoms with Crippen molar-refractivity contribution in [2.75, 3.05) is 19.5 Å². The summed E-state index contributed by atoms with van der Waals surface area (Å²) in [4.78, 5) is 25.7. The predicted molar refractivity (Wildman–Crippen MR) is 117 cm³/mol. The first-order valence-corrected chi connectivity index (χ1v) is 9.84. The molecule has 0 fully saturated rings. The highest BCUT2D eigenvalue weighted by Crippen LogP contribution is 2.43. The normalized spacial score (nSPS) is 18.5. The Kier molecular flexibility index (Phi) is 6.40. The standard InChI is InChI=1S/C25H27NO4/c1-15-6-10-18(11-7-15)22-21(24(27)29-4)17(3)14-20(23(22)25(28)30-5)26-19-12-8-16(2)9-13-19/h6-14,21-22,26H,1-5H3/t21-,22+/m1/s1. The molecule has 1 N–H and O–H groups in total. The van der Waals surface area contributed by atoms with E-state index in [1.165, 1.54) is 14.2 Å². The second-order valence-electron chi connectivity index (χ2n) is 7.59. The van der Waals surface area contributed by atoms with Crippen LogP contribution in [0.25, 0.3) is 0 Å². The lowest BCUT2D eigenvalue weighted by atomic mass is 9.72. The number of esters is 2. The zero-order valence-electron chi connectivity index (χ0n) is 18.0. The molecule has 0 unspecified atom stereocenters. The monoisotopic (exact) mass is 405 g/mol. The van der Waals surface area contributed by atoms with Crippen molar-refractivity contribution < 1.29 is 19.1 Å². The summed E-state index contributed by atoms with van der Waals surface area (Å²) in [5.74, 6) is -2.00. The van der Waals surface area contributed by atoms with Crippen LogP contribution in [0.15, 0.2) is 71.5 Å². The van der Waals surface area contributed by atoms with Crippen molar-refractivity contribution in [3.8, 4) is 0 Å². The van der Waals surface area contributed by atoms with Gasteiger partial charge < -0.3 is 14.8 Å². The maximum atomic E-state index is 12.9. The third-order valence-electron chi connectivity index (χ3n) is 5.42. The van der Waals surface area contributed by atoms with E-state index < -0.39 is 17.8 Å². The number of carbonyl (C=O) groups excluding carboxylic acids is 2. The molecule has 30 heavy (non-hydrogen) atoms. The maximum absolute atomic E-state index is 12.9. The summed E-state index contributed by atoms with van der Waals surface area (Å²) in [5.41, 5.74) is 5.78. The minimum atomic E-state index is -0.615. The van der Waals surface area contributed by atoms with Gasteiger partial charge in [-0.25, -0.2) is 4.79 Å². The molecule has 0 aromatic heterocycles. The van der Waals surface area contributed by atoms with Gasteiger partial charge in [0.2, 0.25) is 0 Å². The van der Waals surface area contributed by atoms with Crippen molar-refractivity contribution in [3.05, 3.63) is 88.1 Å². The van der Waals surface area contributed by atoms with E-state index in [2.05, 4.69) is 5.32 Å². The van der Waals surface area contributed by atoms with Gasteiger partial charge in [-0.15, -0.1) is 0 Å². The van der Waals surface area contributed by atoms with Crippen LogP contribution in [0.2, 0.25) is 0 Å². The maximum Gasteiger partial charge on any atom is 0.336 e. The molecular formula is C25H27NO4. The molecular weight excluding hydrogens is 378 g/mol. The zero-order valence-corrected chi connectivity index (χ0v) is 18.0. The number of nitrogens with one attached hydrogen (secondary N) is 1. The Morgan fingerprint density at radius 1 is 0.833 bits per heavy atom. The van der Waals surface area contributed by atoms with Gasteiger partial charge in [-0.05, 0) is 44.5 Å². The molecule has 1 aliphatic rings. The smallest absolute Gasteiger partial charge is 0.336 e. The number of allylic oxidation sites excluding steroid dienone is 1. The van der Waals surface area contributed by atoms with E-state index in [0.717, 1.165) is 28.0 Å². The Labute approximate surface area is 177 Å². The number of hydrogen-bond donors (Lipinski definition) is 1. The van der Waals surface area contributed by atoms with E-state index in [1.807, 2.05) is 75.4 Å². The third kappa shape index (κ3) is 4.30. The van der Waals surface area contributed by atoms with E-state index >= 15 is 0 Å². The lowest BCUT2D eigenvalue weighted by Gasteiger charge is -2.33. The third-order valence-corrected chi connectivity index (χ3v) is 5.42. The molecule has 2 aromatic carbocycles. The van der Waals surface area contributed by atoms with E-state index in [-0.39, 0.29) is 5.97 Å². The SMILES string of the molecule is COC(=O)C1=C(Nc2ccc(C)cc2)C=C(C)[C@@H](C(=O)OC)[C@@H]1c1ccc(C)cc1. The minimum Gasteiger partial charge on any atom is -0.469 e. The number of aryl methyl sites for hydroxylation is 2. The van der Waals surface area contributed by atoms with Gasteiger partial charge in [0.25, 0.3) is 0 Å². The highest BCUT2D eigenvalue weighted by Gasteiger charge is 2.41. The number of methoxy groups -OCH3 is 2. The molecule has 0 saturated carbocycles. The second kappa shape index (κ2) is 8.99. The van der Waals surface area contributed by atoms with Crippen LogP contribution in [0.1, 0.15) is 29.5 Å². The van der Waals surface area contributed by atoms with E-state index in [0.29, 0.717) is 11.3 Å². The van der Waals surface area contributed by atoms with Crippen molar-refractivity contribution in [2.24, 2.45) is 5.92 Å². The van der Waals surface area contributed by atoms with Gasteiger partial charge in [0.15, 0.2) is 0 Å². The van der Waals surface area contributed by atoms with Crippen molar-refractivity contribution in [1.29, 1.82) is 0 Å². The number of carbonyl (C=O) groups is 2. The summed E-state index contributed by atoms with van der Waals surface area (Å²) in [6.07, 6.45) is 1.83. The van der Waals surface area contributed by atoms with Gasteiger partial charge >= 0.3 is 11.9 Å². The minimum absolute atomic E-state index is 0.384. The van der Waals surface area contributed by atoms with Gasteiger partial charge in [-0.1, -0.05) is 53.1 Å². The molecule has 0 radical (unpaired) electrons. The quantitative estimate of drug-likeness (QED) is 0.732. The Hall–Kier alpha value is -3.34. The zero-order chi connectivity index (χ0) is 21.8. The van der Waals surface area contributed by atoms with Crippen LogP contribution < -0.4 is 5.32 Å². The molecule has 2 aromatic rings. The number of benzene rings is 2. The fourth-order valence-electron chi connectivity index (χ4n) is 3.82. The van der Waals surface area contributed by atoms with Crippen molar-refractivity contribution in [3.63, 3.8) is 0 Å². The Balaban J connectivity index is 2.19. The molecule has 0 bridgehead atoms. The first-order valence-electron chi connectivity index (χ1n) is 9.84. The molecule has 156 valence electrons. The fourth-order valence-corrected chi connectivity index (χ4v) is 3.82. The lowest BCUT2D eigenvalue weighted by molar-refractivity contribution is -0.144. The van der Waals surface area contributed by atoms with Crippen LogP contribution in [0.5, 0.6) is 0 Å². The predicted octanol–water partition coefficient (Wildman–Crippen LogP) is 4.68. The summed E-state index contributed by atoms with van der Waals surface area (Å²) >= 11 is 0. The van der Waals surface area contributed by atoms with Gasteiger partial charge in [0.05, 0.1) is 25.7 Å². The Bertz CT molecular complexity index is 1000. The summed E-state index contributed by atoms with van der Waals surface area (Å²) in [6.45, 7) is 5.89. The second-order valence-corrected chi connectivity index (χ2v) is 7.59. The van der Waals surface area contributed by atoms with Crippen LogP contribution in [-0.4, -0.2) is 26.2 Å². The summed E-state index contributed by atoms with van der Waals surface area (Å²) in [5, 5.41) is 3.34. The van der Waals surface area contributed by atoms with E-state index in [9.17, 15) is 9.59 Å². The first-order chi connectivity index (χ1) is 14.3. The van der Waals surface area contributed by atoms with Gasteiger partial charge in [-0.2, -0.15) is 0 Å². The first kappa shape index (κ1) is 21.4. The molecule has 0 heterocycles. The highest BCUT2D eigenvalue weighted by atomic mass is 16.5. The topological polar surface area (TPSA) is 64.6 Å². The number of anilines is 1. The lowest BCUT2D eigenvalue weighted by Crippen LogP contribution is -2.33. The van der Waals surface area contributed by atoms with E-state index in [4.69, 9.17) is 9.47 Å². The molecule has 0 saturated heterocycles. The Morgan fingerprint density at radius 3 is 1.93 bits per heavy atom. The van der Waals surface area contributed by atoms with Crippen LogP contribution in [0.3, 0.4) is 0 Å². The highest BCUT2D eigenvalue weighted by molar-refractivity contribution is 5.95. The summed E-state index contributed by atoms with van der Waals surface area (Å²) in [6, 6.07) is 15.7. The largest absolute Gasteiger partial charge is 0.469 e. The van der Waals surface area contributed by atoms with Crippen LogP contribution >= 0.6 is 0 Å². The number of hydrogen-bond acceptors (Lipinski definition) is 5. The molecule has 2 atom stereocenters. The fraction of sp³-hybridized carbons (Fsp3) is 0.280. The van der Waals surface area contributed by atoms with Gasteiger partial charge in [0.1, 0.15) is 0 Å². The summed E-state index contributed by atoms with van der Waals surface area (Å²) < 4.78 is 10.2. The molecule has 3 rings (SSSR count). The molecule has 0 aliphatic heterocycles.